The number of aryl methyl sites for hydroxylation is 1. The molecule has 16 heavy (non-hydrogen) atoms. The highest BCUT2D eigenvalue weighted by atomic mass is 15.3. The number of hydrogen-bond acceptors (Lipinski definition) is 3. The highest BCUT2D eigenvalue weighted by Crippen LogP contribution is 2.33. The van der Waals surface area contributed by atoms with Crippen LogP contribution in [0.4, 0.5) is 5.82 Å². The molecule has 1 aliphatic rings. The van der Waals surface area contributed by atoms with E-state index < -0.39 is 0 Å². The van der Waals surface area contributed by atoms with Crippen LogP contribution in [0.15, 0.2) is 12.1 Å². The van der Waals surface area contributed by atoms with Crippen LogP contribution in [0.25, 0.3) is 5.65 Å². The molecular weight excluding hydrogens is 200 g/mol. The summed E-state index contributed by atoms with van der Waals surface area (Å²) in [5.41, 5.74) is 8.97. The first-order chi connectivity index (χ1) is 7.74. The first kappa shape index (κ1) is 9.63. The Morgan fingerprint density at radius 2 is 2.06 bits per heavy atom. The zero-order valence-electron chi connectivity index (χ0n) is 9.48. The summed E-state index contributed by atoms with van der Waals surface area (Å²) in [4.78, 5) is 4.66. The van der Waals surface area contributed by atoms with Crippen molar-refractivity contribution in [3.05, 3.63) is 23.5 Å². The predicted molar refractivity (Wildman–Crippen MR) is 63.3 cm³/mol. The van der Waals surface area contributed by atoms with E-state index in [0.717, 1.165) is 17.0 Å². The van der Waals surface area contributed by atoms with Gasteiger partial charge in [-0.2, -0.15) is 9.61 Å². The Bertz CT molecular complexity index is 523. The van der Waals surface area contributed by atoms with Crippen LogP contribution < -0.4 is 5.73 Å². The molecule has 1 saturated carbocycles. The van der Waals surface area contributed by atoms with Crippen molar-refractivity contribution >= 4 is 11.5 Å². The Hall–Kier alpha value is -1.58. The number of hydrogen-bond donors (Lipinski definition) is 1. The minimum atomic E-state index is 0.600. The van der Waals surface area contributed by atoms with E-state index in [0.29, 0.717) is 11.7 Å². The third kappa shape index (κ3) is 1.45. The molecule has 3 rings (SSSR count). The van der Waals surface area contributed by atoms with Gasteiger partial charge in [-0.05, 0) is 19.8 Å². The topological polar surface area (TPSA) is 56.2 Å². The molecule has 0 aliphatic heterocycles. The van der Waals surface area contributed by atoms with Crippen molar-refractivity contribution in [1.29, 1.82) is 0 Å². The molecule has 0 bridgehead atoms. The van der Waals surface area contributed by atoms with Gasteiger partial charge in [0.25, 0.3) is 0 Å². The third-order valence-corrected chi connectivity index (χ3v) is 3.37. The third-order valence-electron chi connectivity index (χ3n) is 3.37. The second-order valence-corrected chi connectivity index (χ2v) is 4.64. The molecule has 0 spiro atoms. The van der Waals surface area contributed by atoms with E-state index in [-0.39, 0.29) is 0 Å². The Kier molecular flexibility index (Phi) is 2.09. The molecule has 0 saturated heterocycles. The molecule has 4 heteroatoms. The van der Waals surface area contributed by atoms with Gasteiger partial charge >= 0.3 is 0 Å². The van der Waals surface area contributed by atoms with E-state index in [1.807, 2.05) is 19.1 Å². The summed E-state index contributed by atoms with van der Waals surface area (Å²) in [6, 6.07) is 3.96. The molecule has 2 heterocycles. The lowest BCUT2D eigenvalue weighted by Gasteiger charge is -2.09. The van der Waals surface area contributed by atoms with Crippen LogP contribution in [-0.4, -0.2) is 14.6 Å². The van der Waals surface area contributed by atoms with Crippen LogP contribution in [0.3, 0.4) is 0 Å². The molecule has 0 atom stereocenters. The molecule has 0 amide bonds. The predicted octanol–water partition coefficient (Wildman–Crippen LogP) is 2.28. The van der Waals surface area contributed by atoms with E-state index in [9.17, 15) is 0 Å². The molecule has 84 valence electrons. The lowest BCUT2D eigenvalue weighted by atomic mass is 10.0. The van der Waals surface area contributed by atoms with Crippen molar-refractivity contribution in [2.24, 2.45) is 0 Å². The molecular formula is C12H16N4. The van der Waals surface area contributed by atoms with Gasteiger partial charge in [0.05, 0.1) is 5.69 Å². The fraction of sp³-hybridized carbons (Fsp3) is 0.500. The summed E-state index contributed by atoms with van der Waals surface area (Å²) in [7, 11) is 0. The van der Waals surface area contributed by atoms with Gasteiger partial charge in [-0.15, -0.1) is 0 Å². The van der Waals surface area contributed by atoms with Gasteiger partial charge in [0.2, 0.25) is 0 Å². The number of fused-ring (bicyclic) bond motifs is 1. The Labute approximate surface area is 94.5 Å². The highest BCUT2D eigenvalue weighted by molar-refractivity contribution is 5.48. The smallest absolute Gasteiger partial charge is 0.157 e. The molecule has 1 aliphatic carbocycles. The van der Waals surface area contributed by atoms with Crippen molar-refractivity contribution in [3.63, 3.8) is 0 Å². The monoisotopic (exact) mass is 216 g/mol. The second-order valence-electron chi connectivity index (χ2n) is 4.64. The van der Waals surface area contributed by atoms with E-state index in [4.69, 9.17) is 5.73 Å². The molecule has 4 nitrogen and oxygen atoms in total. The van der Waals surface area contributed by atoms with Crippen molar-refractivity contribution in [2.45, 2.75) is 38.5 Å². The normalized spacial score (nSPS) is 17.3. The average molecular weight is 216 g/mol. The number of nitrogens with two attached hydrogens (primary N) is 1. The van der Waals surface area contributed by atoms with E-state index in [2.05, 4.69) is 10.1 Å². The summed E-state index contributed by atoms with van der Waals surface area (Å²) in [6.07, 6.45) is 5.12. The SMILES string of the molecule is Cc1cc2nc(C3CCCC3)cc(N)n2n1. The number of rotatable bonds is 1. The van der Waals surface area contributed by atoms with E-state index in [1.165, 1.54) is 25.7 Å². The van der Waals surface area contributed by atoms with Crippen LogP contribution in [0, 0.1) is 6.92 Å². The summed E-state index contributed by atoms with van der Waals surface area (Å²) in [6.45, 7) is 1.96. The first-order valence-electron chi connectivity index (χ1n) is 5.87. The van der Waals surface area contributed by atoms with Crippen molar-refractivity contribution in [3.8, 4) is 0 Å². The Morgan fingerprint density at radius 1 is 1.31 bits per heavy atom. The Balaban J connectivity index is 2.12. The Morgan fingerprint density at radius 3 is 2.81 bits per heavy atom. The summed E-state index contributed by atoms with van der Waals surface area (Å²) in [5.74, 6) is 1.29. The molecule has 2 aromatic heterocycles. The summed E-state index contributed by atoms with van der Waals surface area (Å²) < 4.78 is 1.72. The zero-order valence-corrected chi connectivity index (χ0v) is 9.48. The fourth-order valence-corrected chi connectivity index (χ4v) is 2.56. The average Bonchev–Trinajstić information content (AvgIpc) is 2.84. The van der Waals surface area contributed by atoms with Gasteiger partial charge in [-0.25, -0.2) is 4.98 Å². The van der Waals surface area contributed by atoms with Crippen LogP contribution in [0.2, 0.25) is 0 Å². The maximum absolute atomic E-state index is 6.00. The number of nitrogen functional groups attached to an aromatic ring is 1. The van der Waals surface area contributed by atoms with Gasteiger partial charge in [-0.1, -0.05) is 12.8 Å². The number of aromatic nitrogens is 3. The van der Waals surface area contributed by atoms with Crippen molar-refractivity contribution < 1.29 is 0 Å². The number of anilines is 1. The molecule has 0 aromatic carbocycles. The minimum absolute atomic E-state index is 0.600. The largest absolute Gasteiger partial charge is 0.384 e. The molecule has 0 radical (unpaired) electrons. The first-order valence-corrected chi connectivity index (χ1v) is 5.87. The van der Waals surface area contributed by atoms with Gasteiger partial charge in [0.15, 0.2) is 5.65 Å². The summed E-state index contributed by atoms with van der Waals surface area (Å²) >= 11 is 0. The quantitative estimate of drug-likeness (QED) is 0.795. The molecule has 2 N–H and O–H groups in total. The van der Waals surface area contributed by atoms with Gasteiger partial charge in [0.1, 0.15) is 5.82 Å². The maximum atomic E-state index is 6.00. The minimum Gasteiger partial charge on any atom is -0.384 e. The van der Waals surface area contributed by atoms with Crippen LogP contribution in [0.5, 0.6) is 0 Å². The van der Waals surface area contributed by atoms with Crippen LogP contribution >= 0.6 is 0 Å². The zero-order chi connectivity index (χ0) is 11.1. The van der Waals surface area contributed by atoms with Crippen molar-refractivity contribution in [1.82, 2.24) is 14.6 Å². The van der Waals surface area contributed by atoms with Crippen molar-refractivity contribution in [2.75, 3.05) is 5.73 Å². The van der Waals surface area contributed by atoms with Crippen LogP contribution in [-0.2, 0) is 0 Å². The molecule has 2 aromatic rings. The lowest BCUT2D eigenvalue weighted by Crippen LogP contribution is -2.05. The lowest BCUT2D eigenvalue weighted by molar-refractivity contribution is 0.695. The van der Waals surface area contributed by atoms with Gasteiger partial charge in [0, 0.05) is 23.7 Å². The van der Waals surface area contributed by atoms with E-state index in [1.54, 1.807) is 4.52 Å². The van der Waals surface area contributed by atoms with Gasteiger partial charge < -0.3 is 5.73 Å². The standard InChI is InChI=1S/C12H16N4/c1-8-6-12-14-10(9-4-2-3-5-9)7-11(13)16(12)15-8/h6-7,9H,2-5,13H2,1H3. The maximum Gasteiger partial charge on any atom is 0.157 e. The fourth-order valence-electron chi connectivity index (χ4n) is 2.56. The second kappa shape index (κ2) is 3.47. The summed E-state index contributed by atoms with van der Waals surface area (Å²) in [5, 5.41) is 4.31. The van der Waals surface area contributed by atoms with E-state index >= 15 is 0 Å². The van der Waals surface area contributed by atoms with Gasteiger partial charge in [-0.3, -0.25) is 0 Å². The number of nitrogens with zero attached hydrogens (tertiary/aromatic N) is 3. The molecule has 0 unspecified atom stereocenters. The highest BCUT2D eigenvalue weighted by Gasteiger charge is 2.19. The van der Waals surface area contributed by atoms with Crippen LogP contribution in [0.1, 0.15) is 43.0 Å². The molecule has 1 fully saturated rings.